The predicted molar refractivity (Wildman–Crippen MR) is 58.2 cm³/mol. The molecule has 0 fully saturated rings. The number of hydrogen-bond donors (Lipinski definition) is 1. The number of hydrogen-bond acceptors (Lipinski definition) is 3. The SMILES string of the molecule is CCCCCCN[C@@H](C)C(=O)OCC. The summed E-state index contributed by atoms with van der Waals surface area (Å²) in [6.45, 7) is 7.22. The normalized spacial score (nSPS) is 12.5. The Morgan fingerprint density at radius 1 is 1.29 bits per heavy atom. The average Bonchev–Trinajstić information content (AvgIpc) is 2.17. The first-order chi connectivity index (χ1) is 6.72. The number of esters is 1. The maximum atomic E-state index is 11.2. The maximum Gasteiger partial charge on any atom is 0.322 e. The van der Waals surface area contributed by atoms with E-state index in [0.29, 0.717) is 6.61 Å². The third-order valence-electron chi connectivity index (χ3n) is 2.12. The molecule has 0 amide bonds. The van der Waals surface area contributed by atoms with Crippen LogP contribution in [0.1, 0.15) is 46.5 Å². The summed E-state index contributed by atoms with van der Waals surface area (Å²) in [7, 11) is 0. The van der Waals surface area contributed by atoms with Crippen LogP contribution in [-0.4, -0.2) is 25.2 Å². The Morgan fingerprint density at radius 3 is 2.57 bits per heavy atom. The van der Waals surface area contributed by atoms with Gasteiger partial charge in [0.15, 0.2) is 0 Å². The quantitative estimate of drug-likeness (QED) is 0.483. The lowest BCUT2D eigenvalue weighted by molar-refractivity contribution is -0.145. The third-order valence-corrected chi connectivity index (χ3v) is 2.12. The molecule has 84 valence electrons. The summed E-state index contributed by atoms with van der Waals surface area (Å²) in [5, 5.41) is 3.15. The highest BCUT2D eigenvalue weighted by Gasteiger charge is 2.11. The van der Waals surface area contributed by atoms with Gasteiger partial charge in [-0.3, -0.25) is 4.79 Å². The van der Waals surface area contributed by atoms with Crippen molar-refractivity contribution in [2.75, 3.05) is 13.2 Å². The minimum absolute atomic E-state index is 0.150. The van der Waals surface area contributed by atoms with Crippen molar-refractivity contribution in [2.24, 2.45) is 0 Å². The lowest BCUT2D eigenvalue weighted by Gasteiger charge is -2.11. The van der Waals surface area contributed by atoms with E-state index in [2.05, 4.69) is 12.2 Å². The van der Waals surface area contributed by atoms with Crippen molar-refractivity contribution in [2.45, 2.75) is 52.5 Å². The number of carbonyl (C=O) groups is 1. The van der Waals surface area contributed by atoms with Crippen LogP contribution >= 0.6 is 0 Å². The van der Waals surface area contributed by atoms with Crippen molar-refractivity contribution in [3.05, 3.63) is 0 Å². The van der Waals surface area contributed by atoms with E-state index < -0.39 is 0 Å². The largest absolute Gasteiger partial charge is 0.465 e. The topological polar surface area (TPSA) is 38.3 Å². The Labute approximate surface area is 87.2 Å². The molecule has 14 heavy (non-hydrogen) atoms. The molecule has 3 nitrogen and oxygen atoms in total. The Balaban J connectivity index is 3.34. The lowest BCUT2D eigenvalue weighted by Crippen LogP contribution is -2.35. The first-order valence-corrected chi connectivity index (χ1v) is 5.62. The molecule has 0 aliphatic carbocycles. The zero-order valence-electron chi connectivity index (χ0n) is 9.64. The molecule has 0 saturated heterocycles. The molecule has 0 bridgehead atoms. The average molecular weight is 201 g/mol. The Kier molecular flexibility index (Phi) is 8.64. The zero-order chi connectivity index (χ0) is 10.8. The summed E-state index contributed by atoms with van der Waals surface area (Å²) in [5.74, 6) is -0.150. The summed E-state index contributed by atoms with van der Waals surface area (Å²) in [6, 6.07) is -0.170. The van der Waals surface area contributed by atoms with Gasteiger partial charge >= 0.3 is 5.97 Å². The molecule has 0 rings (SSSR count). The van der Waals surface area contributed by atoms with Crippen molar-refractivity contribution in [1.82, 2.24) is 5.32 Å². The number of unbranched alkanes of at least 4 members (excludes halogenated alkanes) is 3. The van der Waals surface area contributed by atoms with Gasteiger partial charge in [-0.05, 0) is 26.8 Å². The van der Waals surface area contributed by atoms with Crippen LogP contribution in [-0.2, 0) is 9.53 Å². The van der Waals surface area contributed by atoms with Gasteiger partial charge < -0.3 is 10.1 Å². The van der Waals surface area contributed by atoms with Crippen LogP contribution in [0.5, 0.6) is 0 Å². The summed E-state index contributed by atoms with van der Waals surface area (Å²) < 4.78 is 4.88. The highest BCUT2D eigenvalue weighted by Crippen LogP contribution is 1.97. The third kappa shape index (κ3) is 6.89. The van der Waals surface area contributed by atoms with Crippen molar-refractivity contribution in [3.8, 4) is 0 Å². The monoisotopic (exact) mass is 201 g/mol. The predicted octanol–water partition coefficient (Wildman–Crippen LogP) is 2.11. The van der Waals surface area contributed by atoms with E-state index in [1.807, 2.05) is 13.8 Å². The summed E-state index contributed by atoms with van der Waals surface area (Å²) in [4.78, 5) is 11.2. The van der Waals surface area contributed by atoms with Crippen LogP contribution in [0.4, 0.5) is 0 Å². The molecule has 0 aliphatic heterocycles. The van der Waals surface area contributed by atoms with Gasteiger partial charge in [0, 0.05) is 0 Å². The van der Waals surface area contributed by atoms with Crippen LogP contribution in [0.2, 0.25) is 0 Å². The highest BCUT2D eigenvalue weighted by molar-refractivity contribution is 5.75. The van der Waals surface area contributed by atoms with Crippen molar-refractivity contribution < 1.29 is 9.53 Å². The first-order valence-electron chi connectivity index (χ1n) is 5.62. The smallest absolute Gasteiger partial charge is 0.322 e. The molecule has 0 unspecified atom stereocenters. The zero-order valence-corrected chi connectivity index (χ0v) is 9.64. The molecular formula is C11H23NO2. The number of ether oxygens (including phenoxy) is 1. The van der Waals surface area contributed by atoms with E-state index in [1.54, 1.807) is 0 Å². The second-order valence-electron chi connectivity index (χ2n) is 3.49. The van der Waals surface area contributed by atoms with E-state index in [9.17, 15) is 4.79 Å². The summed E-state index contributed by atoms with van der Waals surface area (Å²) in [5.41, 5.74) is 0. The van der Waals surface area contributed by atoms with Gasteiger partial charge in [-0.2, -0.15) is 0 Å². The van der Waals surface area contributed by atoms with Gasteiger partial charge in [0.2, 0.25) is 0 Å². The highest BCUT2D eigenvalue weighted by atomic mass is 16.5. The molecule has 3 heteroatoms. The van der Waals surface area contributed by atoms with Crippen LogP contribution in [0, 0.1) is 0 Å². The lowest BCUT2D eigenvalue weighted by atomic mass is 10.2. The maximum absolute atomic E-state index is 11.2. The minimum atomic E-state index is -0.170. The first kappa shape index (κ1) is 13.4. The van der Waals surface area contributed by atoms with Crippen LogP contribution in [0.25, 0.3) is 0 Å². The Morgan fingerprint density at radius 2 is 2.00 bits per heavy atom. The fourth-order valence-electron chi connectivity index (χ4n) is 1.22. The molecule has 0 aromatic carbocycles. The standard InChI is InChI=1S/C11H23NO2/c1-4-6-7-8-9-12-10(3)11(13)14-5-2/h10,12H,4-9H2,1-3H3/t10-/m0/s1. The molecule has 0 saturated carbocycles. The van der Waals surface area contributed by atoms with E-state index >= 15 is 0 Å². The van der Waals surface area contributed by atoms with E-state index in [-0.39, 0.29) is 12.0 Å². The van der Waals surface area contributed by atoms with Gasteiger partial charge in [0.25, 0.3) is 0 Å². The summed E-state index contributed by atoms with van der Waals surface area (Å²) >= 11 is 0. The van der Waals surface area contributed by atoms with Crippen LogP contribution < -0.4 is 5.32 Å². The van der Waals surface area contributed by atoms with Crippen LogP contribution in [0.3, 0.4) is 0 Å². The van der Waals surface area contributed by atoms with Crippen molar-refractivity contribution >= 4 is 5.97 Å². The molecule has 0 aromatic rings. The van der Waals surface area contributed by atoms with Gasteiger partial charge in [0.05, 0.1) is 6.61 Å². The molecule has 0 aliphatic rings. The van der Waals surface area contributed by atoms with E-state index in [1.165, 1.54) is 19.3 Å². The van der Waals surface area contributed by atoms with Gasteiger partial charge in [-0.25, -0.2) is 0 Å². The molecule has 0 heterocycles. The number of rotatable bonds is 8. The summed E-state index contributed by atoms with van der Waals surface area (Å²) in [6.07, 6.45) is 4.89. The van der Waals surface area contributed by atoms with Crippen molar-refractivity contribution in [1.29, 1.82) is 0 Å². The van der Waals surface area contributed by atoms with E-state index in [4.69, 9.17) is 4.74 Å². The van der Waals surface area contributed by atoms with Gasteiger partial charge in [-0.15, -0.1) is 0 Å². The minimum Gasteiger partial charge on any atom is -0.465 e. The number of nitrogens with one attached hydrogen (secondary N) is 1. The molecule has 0 aromatic heterocycles. The van der Waals surface area contributed by atoms with Crippen LogP contribution in [0.15, 0.2) is 0 Å². The van der Waals surface area contributed by atoms with Gasteiger partial charge in [-0.1, -0.05) is 26.2 Å². The number of carbonyl (C=O) groups excluding carboxylic acids is 1. The second-order valence-corrected chi connectivity index (χ2v) is 3.49. The molecular weight excluding hydrogens is 178 g/mol. The van der Waals surface area contributed by atoms with Crippen molar-refractivity contribution in [3.63, 3.8) is 0 Å². The second kappa shape index (κ2) is 9.00. The Hall–Kier alpha value is -0.570. The Bertz CT molecular complexity index is 148. The molecule has 0 radical (unpaired) electrons. The molecule has 1 atom stereocenters. The molecule has 0 spiro atoms. The fourth-order valence-corrected chi connectivity index (χ4v) is 1.22. The van der Waals surface area contributed by atoms with E-state index in [0.717, 1.165) is 13.0 Å². The fraction of sp³-hybridized carbons (Fsp3) is 0.909. The van der Waals surface area contributed by atoms with Gasteiger partial charge in [0.1, 0.15) is 6.04 Å². The molecule has 1 N–H and O–H groups in total.